The second-order valence-electron chi connectivity index (χ2n) is 4.65. The van der Waals surface area contributed by atoms with Crippen LogP contribution in [0.5, 0.6) is 5.75 Å². The van der Waals surface area contributed by atoms with Crippen LogP contribution in [0.15, 0.2) is 23.2 Å². The first-order valence-corrected chi connectivity index (χ1v) is 6.10. The molecule has 0 saturated carbocycles. The zero-order valence-electron chi connectivity index (χ0n) is 9.99. The monoisotopic (exact) mass is 231 g/mol. The van der Waals surface area contributed by atoms with Crippen LogP contribution < -0.4 is 15.8 Å². The quantitative estimate of drug-likeness (QED) is 0.755. The highest BCUT2D eigenvalue weighted by atomic mass is 16.5. The lowest BCUT2D eigenvalue weighted by Gasteiger charge is -2.27. The number of benzene rings is 1. The Labute approximate surface area is 101 Å². The van der Waals surface area contributed by atoms with Gasteiger partial charge in [-0.2, -0.15) is 0 Å². The number of amidine groups is 1. The molecule has 0 spiro atoms. The predicted octanol–water partition coefficient (Wildman–Crippen LogP) is 1.35. The number of nitrogen functional groups attached to an aromatic ring is 1. The Balaban J connectivity index is 1.97. The molecule has 0 saturated heterocycles. The molecule has 2 aliphatic rings. The van der Waals surface area contributed by atoms with Gasteiger partial charge in [0.15, 0.2) is 5.60 Å². The van der Waals surface area contributed by atoms with Gasteiger partial charge >= 0.3 is 0 Å². The molecule has 0 unspecified atom stereocenters. The summed E-state index contributed by atoms with van der Waals surface area (Å²) in [6, 6.07) is 5.84. The van der Waals surface area contributed by atoms with E-state index in [2.05, 4.69) is 17.2 Å². The second kappa shape index (κ2) is 3.65. The molecule has 4 nitrogen and oxygen atoms in total. The van der Waals surface area contributed by atoms with Crippen molar-refractivity contribution in [3.8, 4) is 5.75 Å². The van der Waals surface area contributed by atoms with Gasteiger partial charge in [0, 0.05) is 24.2 Å². The lowest BCUT2D eigenvalue weighted by molar-refractivity contribution is 0.162. The summed E-state index contributed by atoms with van der Waals surface area (Å²) in [7, 11) is 0. The van der Waals surface area contributed by atoms with E-state index in [9.17, 15) is 0 Å². The minimum atomic E-state index is -0.299. The van der Waals surface area contributed by atoms with Crippen molar-refractivity contribution in [2.24, 2.45) is 4.99 Å². The van der Waals surface area contributed by atoms with Crippen molar-refractivity contribution >= 4 is 11.5 Å². The first kappa shape index (κ1) is 10.4. The molecule has 0 amide bonds. The van der Waals surface area contributed by atoms with E-state index >= 15 is 0 Å². The highest BCUT2D eigenvalue weighted by molar-refractivity contribution is 5.93. The fourth-order valence-electron chi connectivity index (χ4n) is 2.59. The first-order chi connectivity index (χ1) is 8.23. The van der Waals surface area contributed by atoms with Gasteiger partial charge in [0.2, 0.25) is 0 Å². The predicted molar refractivity (Wildman–Crippen MR) is 68.5 cm³/mol. The Kier molecular flexibility index (Phi) is 2.24. The van der Waals surface area contributed by atoms with Crippen molar-refractivity contribution in [1.29, 1.82) is 0 Å². The third-order valence-electron chi connectivity index (χ3n) is 3.54. The molecule has 0 radical (unpaired) electrons. The fraction of sp³-hybridized carbons (Fsp3) is 0.462. The van der Waals surface area contributed by atoms with Gasteiger partial charge in [0.05, 0.1) is 6.54 Å². The fourth-order valence-corrected chi connectivity index (χ4v) is 2.59. The number of nitrogens with one attached hydrogen (secondary N) is 1. The number of fused-ring (bicyclic) bond motifs is 1. The summed E-state index contributed by atoms with van der Waals surface area (Å²) in [5.74, 6) is 1.94. The van der Waals surface area contributed by atoms with Gasteiger partial charge in [-0.3, -0.25) is 4.99 Å². The minimum Gasteiger partial charge on any atom is -0.479 e. The largest absolute Gasteiger partial charge is 0.479 e. The maximum atomic E-state index is 6.13. The standard InChI is InChI=1S/C13H17N3O/c1-2-13(12-15-5-6-16-12)8-9-7-10(14)3-4-11(9)17-13/h3-4,7H,2,5-6,8,14H2,1H3,(H,15,16)/t13-/m0/s1. The molecule has 0 aliphatic carbocycles. The van der Waals surface area contributed by atoms with Crippen LogP contribution >= 0.6 is 0 Å². The van der Waals surface area contributed by atoms with Crippen molar-refractivity contribution < 1.29 is 4.74 Å². The summed E-state index contributed by atoms with van der Waals surface area (Å²) < 4.78 is 6.13. The SMILES string of the molecule is CC[C@@]1(C2=NCCN2)Cc2cc(N)ccc2O1. The normalized spacial score (nSPS) is 26.1. The second-order valence-corrected chi connectivity index (χ2v) is 4.65. The number of aliphatic imine (C=N–C) groups is 1. The number of anilines is 1. The van der Waals surface area contributed by atoms with E-state index in [-0.39, 0.29) is 5.60 Å². The molecule has 1 aromatic carbocycles. The van der Waals surface area contributed by atoms with Crippen molar-refractivity contribution in [2.75, 3.05) is 18.8 Å². The van der Waals surface area contributed by atoms with Gasteiger partial charge < -0.3 is 15.8 Å². The lowest BCUT2D eigenvalue weighted by Crippen LogP contribution is -2.48. The van der Waals surface area contributed by atoms with Crippen LogP contribution in [-0.2, 0) is 6.42 Å². The third kappa shape index (κ3) is 1.55. The molecular weight excluding hydrogens is 214 g/mol. The molecule has 17 heavy (non-hydrogen) atoms. The molecular formula is C13H17N3O. The number of rotatable bonds is 2. The van der Waals surface area contributed by atoms with Gasteiger partial charge in [0.1, 0.15) is 11.6 Å². The smallest absolute Gasteiger partial charge is 0.169 e. The molecule has 3 N–H and O–H groups in total. The maximum Gasteiger partial charge on any atom is 0.169 e. The summed E-state index contributed by atoms with van der Waals surface area (Å²) >= 11 is 0. The molecule has 0 aromatic heterocycles. The van der Waals surface area contributed by atoms with E-state index in [1.165, 1.54) is 5.56 Å². The highest BCUT2D eigenvalue weighted by Crippen LogP contribution is 2.38. The molecule has 0 fully saturated rings. The molecule has 3 rings (SSSR count). The van der Waals surface area contributed by atoms with E-state index in [1.807, 2.05) is 18.2 Å². The van der Waals surface area contributed by atoms with Gasteiger partial charge in [0.25, 0.3) is 0 Å². The van der Waals surface area contributed by atoms with Gasteiger partial charge in [-0.25, -0.2) is 0 Å². The van der Waals surface area contributed by atoms with E-state index in [0.717, 1.165) is 43.2 Å². The van der Waals surface area contributed by atoms with Crippen LogP contribution in [0.2, 0.25) is 0 Å². The van der Waals surface area contributed by atoms with E-state index in [0.29, 0.717) is 0 Å². The summed E-state index contributed by atoms with van der Waals surface area (Å²) in [5, 5.41) is 3.33. The first-order valence-electron chi connectivity index (χ1n) is 6.10. The van der Waals surface area contributed by atoms with E-state index in [1.54, 1.807) is 0 Å². The van der Waals surface area contributed by atoms with Crippen LogP contribution in [0.25, 0.3) is 0 Å². The Morgan fingerprint density at radius 2 is 2.41 bits per heavy atom. The Hall–Kier alpha value is -1.71. The zero-order chi connectivity index (χ0) is 11.9. The summed E-state index contributed by atoms with van der Waals surface area (Å²) in [6.07, 6.45) is 1.77. The average Bonchev–Trinajstić information content (AvgIpc) is 2.95. The van der Waals surface area contributed by atoms with Crippen molar-refractivity contribution in [3.05, 3.63) is 23.8 Å². The maximum absolute atomic E-state index is 6.13. The Bertz CT molecular complexity index is 484. The van der Waals surface area contributed by atoms with Crippen LogP contribution in [0.3, 0.4) is 0 Å². The average molecular weight is 231 g/mol. The van der Waals surface area contributed by atoms with Crippen molar-refractivity contribution in [1.82, 2.24) is 5.32 Å². The van der Waals surface area contributed by atoms with Crippen LogP contribution in [-0.4, -0.2) is 24.5 Å². The van der Waals surface area contributed by atoms with Crippen LogP contribution in [0.4, 0.5) is 5.69 Å². The van der Waals surface area contributed by atoms with E-state index < -0.39 is 0 Å². The Morgan fingerprint density at radius 3 is 3.12 bits per heavy atom. The van der Waals surface area contributed by atoms with Gasteiger partial charge in [-0.05, 0) is 24.6 Å². The van der Waals surface area contributed by atoms with Crippen LogP contribution in [0, 0.1) is 0 Å². The molecule has 2 heterocycles. The lowest BCUT2D eigenvalue weighted by atomic mass is 9.93. The van der Waals surface area contributed by atoms with Crippen molar-refractivity contribution in [3.63, 3.8) is 0 Å². The summed E-state index contributed by atoms with van der Waals surface area (Å²) in [5.41, 5.74) is 7.49. The molecule has 2 aliphatic heterocycles. The Morgan fingerprint density at radius 1 is 1.53 bits per heavy atom. The number of hydrogen-bond acceptors (Lipinski definition) is 4. The molecule has 1 atom stereocenters. The molecule has 4 heteroatoms. The summed E-state index contributed by atoms with van der Waals surface area (Å²) in [6.45, 7) is 3.90. The third-order valence-corrected chi connectivity index (χ3v) is 3.54. The number of ether oxygens (including phenoxy) is 1. The molecule has 0 bridgehead atoms. The zero-order valence-corrected chi connectivity index (χ0v) is 9.99. The van der Waals surface area contributed by atoms with E-state index in [4.69, 9.17) is 10.5 Å². The number of nitrogens with zero attached hydrogens (tertiary/aromatic N) is 1. The van der Waals surface area contributed by atoms with Gasteiger partial charge in [-0.1, -0.05) is 6.92 Å². The molecule has 90 valence electrons. The molecule has 1 aromatic rings. The number of nitrogens with two attached hydrogens (primary N) is 1. The van der Waals surface area contributed by atoms with Crippen molar-refractivity contribution in [2.45, 2.75) is 25.4 Å². The van der Waals surface area contributed by atoms with Gasteiger partial charge in [-0.15, -0.1) is 0 Å². The number of hydrogen-bond donors (Lipinski definition) is 2. The highest BCUT2D eigenvalue weighted by Gasteiger charge is 2.43. The van der Waals surface area contributed by atoms with Crippen LogP contribution in [0.1, 0.15) is 18.9 Å². The minimum absolute atomic E-state index is 0.299. The topological polar surface area (TPSA) is 59.6 Å². The summed E-state index contributed by atoms with van der Waals surface area (Å²) in [4.78, 5) is 4.52.